The summed E-state index contributed by atoms with van der Waals surface area (Å²) < 4.78 is 44.9. The first-order valence-electron chi connectivity index (χ1n) is 40.7. The Hall–Kier alpha value is -9.90. The zero-order valence-electron chi connectivity index (χ0n) is 67.6. The lowest BCUT2D eigenvalue weighted by Gasteiger charge is -2.54. The van der Waals surface area contributed by atoms with Crippen LogP contribution in [0, 0.1) is 36.5 Å². The summed E-state index contributed by atoms with van der Waals surface area (Å²) in [6.07, 6.45) is -14.5. The molecule has 7 heterocycles. The second-order valence-corrected chi connectivity index (χ2v) is 34.0. The highest BCUT2D eigenvalue weighted by atomic mass is 35.5. The standard InChI is InChI=1S/C84H106ClN11O25/c1-34(2)18-50(88-7)76(108)95-66-68(102)41-11-14-54(35(3)19-41)117-56-27-45-28-57(72(56)121-83-73(71(105)70(104)58(33-97)119-83)120-60-32-84(6,87)74(106)36(4)116-60)118-55-15-12-42(26-49(55)85)69(103)67-82(114)94-65(80(112)91-62-43-21-38-20-39(23-43)24-44(62)22-38)48-29-46(98)30-53(100)61(48)47-25-40(10-13-52(47)99)63(78(110)96-67)93-79(111)64(45)92-77(109)51(89-81(66)113)31-59(101)90-75(107)37(5)115-17-9-8-16-86/h10-15,19,25-30,34,36-39,43-44,50-51,58,60,62-71,73-74,83,88,97-100,102-106H,8-9,16-18,20-24,31-33,86-87H2,1-7H3,(H,89,113)(H,91,112)(H,92,109)(H,93,111)(H,94,114)(H,95,108)(H,96,110)(H,90,101,107)/t36-,37?,38?,39?,43?,44?,50+,51-,58+,60-,62?,63+,64+,65-,66+,67-,68+,69+,70+,71-,73+,74+,83-,84-/m0/s1. The van der Waals surface area contributed by atoms with Crippen molar-refractivity contribution in [3.05, 3.63) is 117 Å². The number of nitrogens with one attached hydrogen (secondary N) is 9. The summed E-state index contributed by atoms with van der Waals surface area (Å²) in [7, 11) is 1.49. The van der Waals surface area contributed by atoms with Gasteiger partial charge in [-0.05, 0) is 210 Å². The lowest BCUT2D eigenvalue weighted by molar-refractivity contribution is -0.333. The first kappa shape index (κ1) is 88.9. The van der Waals surface area contributed by atoms with E-state index < -0.39 is 227 Å². The number of nitrogens with two attached hydrogens (primary N) is 2. The summed E-state index contributed by atoms with van der Waals surface area (Å²) >= 11 is 7.29. The van der Waals surface area contributed by atoms with E-state index >= 15 is 28.8 Å². The number of rotatable bonds is 20. The van der Waals surface area contributed by atoms with Crippen molar-refractivity contribution >= 4 is 64.8 Å². The smallest absolute Gasteiger partial charge is 0.255 e. The zero-order valence-corrected chi connectivity index (χ0v) is 68.4. The van der Waals surface area contributed by atoms with Crippen LogP contribution in [0.15, 0.2) is 78.9 Å². The van der Waals surface area contributed by atoms with Crippen molar-refractivity contribution < 1.29 is 122 Å². The molecule has 16 rings (SSSR count). The van der Waals surface area contributed by atoms with Gasteiger partial charge in [0.2, 0.25) is 59.3 Å². The molecule has 0 radical (unpaired) electrons. The van der Waals surface area contributed by atoms with Crippen molar-refractivity contribution in [2.75, 3.05) is 26.8 Å². The molecule has 37 heteroatoms. The van der Waals surface area contributed by atoms with Crippen LogP contribution in [0.3, 0.4) is 0 Å². The number of carbonyl (C=O) groups is 9. The van der Waals surface area contributed by atoms with Gasteiger partial charge < -0.3 is 133 Å². The molecule has 1 unspecified atom stereocenters. The quantitative estimate of drug-likeness (QED) is 0.0495. The van der Waals surface area contributed by atoms with Crippen LogP contribution < -0.4 is 73.5 Å². The van der Waals surface area contributed by atoms with Gasteiger partial charge in [0.05, 0.1) is 36.3 Å². The fourth-order valence-electron chi connectivity index (χ4n) is 18.0. The number of fused-ring (bicyclic) bond motifs is 15. The molecule has 0 spiro atoms. The van der Waals surface area contributed by atoms with Crippen LogP contribution in [0.5, 0.6) is 46.0 Å². The van der Waals surface area contributed by atoms with Crippen molar-refractivity contribution in [3.63, 3.8) is 0 Å². The van der Waals surface area contributed by atoms with Crippen molar-refractivity contribution in [2.24, 2.45) is 41.1 Å². The number of ether oxygens (including phenoxy) is 7. The number of likely N-dealkylation sites (N-methyl/N-ethyl adjacent to an activating group) is 1. The minimum Gasteiger partial charge on any atom is -0.508 e. The lowest BCUT2D eigenvalue weighted by Crippen LogP contribution is -2.64. The number of hydrogen-bond acceptors (Lipinski definition) is 28. The largest absolute Gasteiger partial charge is 0.508 e. The van der Waals surface area contributed by atoms with Gasteiger partial charge in [0, 0.05) is 41.8 Å². The zero-order chi connectivity index (χ0) is 87.1. The van der Waals surface area contributed by atoms with E-state index in [1.807, 2.05) is 13.8 Å². The van der Waals surface area contributed by atoms with E-state index in [0.717, 1.165) is 80.6 Å². The number of hydrogen-bond donors (Lipinski definition) is 20. The number of amides is 9. The Bertz CT molecular complexity index is 4740. The van der Waals surface area contributed by atoms with Gasteiger partial charge in [0.15, 0.2) is 23.9 Å². The van der Waals surface area contributed by atoms with Crippen molar-refractivity contribution in [1.82, 2.24) is 47.9 Å². The molecular formula is C84H106ClN11O25. The molecule has 4 aliphatic carbocycles. The molecule has 6 fully saturated rings. The molecule has 121 heavy (non-hydrogen) atoms. The summed E-state index contributed by atoms with van der Waals surface area (Å²) in [5, 5.41) is 130. The molecule has 22 N–H and O–H groups in total. The molecule has 4 saturated carbocycles. The molecule has 9 amide bonds. The topological polar surface area (TPSA) is 561 Å². The number of aromatic hydroxyl groups is 3. The van der Waals surface area contributed by atoms with Crippen LogP contribution >= 0.6 is 11.6 Å². The van der Waals surface area contributed by atoms with Crippen LogP contribution in [0.25, 0.3) is 11.1 Å². The first-order valence-corrected chi connectivity index (χ1v) is 41.1. The van der Waals surface area contributed by atoms with Gasteiger partial charge in [-0.2, -0.15) is 0 Å². The number of halogens is 1. The third-order valence-corrected chi connectivity index (χ3v) is 24.4. The maximum absolute atomic E-state index is 16.6. The Morgan fingerprint density at radius 3 is 1.98 bits per heavy atom. The lowest BCUT2D eigenvalue weighted by atomic mass is 9.54. The van der Waals surface area contributed by atoms with Gasteiger partial charge in [-0.1, -0.05) is 43.6 Å². The Morgan fingerprint density at radius 1 is 0.686 bits per heavy atom. The number of unbranched alkanes of at least 4 members (excludes halogenated alkanes) is 1. The van der Waals surface area contributed by atoms with E-state index in [0.29, 0.717) is 31.2 Å². The Balaban J connectivity index is 1.02. The maximum atomic E-state index is 16.6. The van der Waals surface area contributed by atoms with Crippen molar-refractivity contribution in [1.29, 1.82) is 0 Å². The molecular weight excluding hydrogens is 1600 g/mol. The summed E-state index contributed by atoms with van der Waals surface area (Å²) in [5.74, 6) is -14.0. The molecule has 0 aromatic heterocycles. The van der Waals surface area contributed by atoms with E-state index in [9.17, 15) is 60.3 Å². The summed E-state index contributed by atoms with van der Waals surface area (Å²) in [5.41, 5.74) is 8.98. The molecule has 2 saturated heterocycles. The molecule has 654 valence electrons. The van der Waals surface area contributed by atoms with Crippen molar-refractivity contribution in [2.45, 2.75) is 227 Å². The van der Waals surface area contributed by atoms with E-state index in [4.69, 9.17) is 56.2 Å². The van der Waals surface area contributed by atoms with E-state index in [1.165, 1.54) is 65.1 Å². The van der Waals surface area contributed by atoms with E-state index in [2.05, 4.69) is 47.9 Å². The van der Waals surface area contributed by atoms with Gasteiger partial charge >= 0.3 is 0 Å². The number of aliphatic hydroxyl groups excluding tert-OH is 6. The minimum atomic E-state index is -2.38. The first-order chi connectivity index (χ1) is 57.5. The number of phenolic OH excluding ortho intramolecular Hbond substituents is 3. The third-order valence-electron chi connectivity index (χ3n) is 24.1. The predicted octanol–water partition coefficient (Wildman–Crippen LogP) is 1.92. The fraction of sp³-hybridized carbons (Fsp3) is 0.536. The second kappa shape index (κ2) is 37.0. The predicted molar refractivity (Wildman–Crippen MR) is 428 cm³/mol. The average molecular weight is 1710 g/mol. The number of imide groups is 1. The molecule has 7 aliphatic heterocycles. The van der Waals surface area contributed by atoms with Gasteiger partial charge in [-0.3, -0.25) is 48.5 Å². The minimum absolute atomic E-state index is 0.0378. The van der Waals surface area contributed by atoms with Gasteiger partial charge in [-0.25, -0.2) is 0 Å². The highest BCUT2D eigenvalue weighted by Crippen LogP contribution is 2.55. The van der Waals surface area contributed by atoms with Crippen molar-refractivity contribution in [3.8, 4) is 57.1 Å². The van der Waals surface area contributed by atoms with Crippen LogP contribution in [0.1, 0.15) is 163 Å². The molecule has 5 aromatic carbocycles. The summed E-state index contributed by atoms with van der Waals surface area (Å²) in [4.78, 5) is 138. The Kier molecular flexibility index (Phi) is 27.2. The highest BCUT2D eigenvalue weighted by molar-refractivity contribution is 6.32. The maximum Gasteiger partial charge on any atom is 0.255 e. The molecule has 11 aliphatic rings. The Labute approximate surface area is 701 Å². The van der Waals surface area contributed by atoms with E-state index in [1.54, 1.807) is 0 Å². The van der Waals surface area contributed by atoms with Gasteiger partial charge in [-0.15, -0.1) is 0 Å². The highest BCUT2D eigenvalue weighted by Gasteiger charge is 2.53. The molecule has 5 aromatic rings. The normalized spacial score (nSPS) is 31.3. The number of aryl methyl sites for hydroxylation is 1. The van der Waals surface area contributed by atoms with Crippen LogP contribution in [0.4, 0.5) is 0 Å². The second-order valence-electron chi connectivity index (χ2n) is 33.6. The van der Waals surface area contributed by atoms with Gasteiger partial charge in [0.25, 0.3) is 5.91 Å². The number of benzene rings is 5. The van der Waals surface area contributed by atoms with Crippen LogP contribution in [-0.2, 0) is 62.1 Å². The number of carbonyl (C=O) groups excluding carboxylic acids is 9. The molecule has 15 bridgehead atoms. The number of phenols is 3. The monoisotopic (exact) mass is 1700 g/mol. The third kappa shape index (κ3) is 19.3. The van der Waals surface area contributed by atoms with Crippen LogP contribution in [-0.4, -0.2) is 217 Å². The average Bonchev–Trinajstić information content (AvgIpc) is 0.765. The molecule has 19 atom stereocenters. The van der Waals surface area contributed by atoms with E-state index in [-0.39, 0.29) is 93.7 Å². The number of aliphatic hydroxyl groups is 6. The molecule has 36 nitrogen and oxygen atoms in total. The Morgan fingerprint density at radius 2 is 1.33 bits per heavy atom. The van der Waals surface area contributed by atoms with Gasteiger partial charge in [0.1, 0.15) is 102 Å². The fourth-order valence-corrected chi connectivity index (χ4v) is 18.2. The van der Waals surface area contributed by atoms with Crippen LogP contribution in [0.2, 0.25) is 5.02 Å². The summed E-state index contributed by atoms with van der Waals surface area (Å²) in [6, 6.07) is 0.677. The SMILES string of the molecule is CN[C@H](CC(C)C)C(=O)N[C@H]1C(=O)N[C@@H](CC(=O)NC(=O)C(C)OCCCCN)C(=O)N[C@H]2C(=O)N[C@H]3C(=O)N[C@H](C(=O)N[C@H](C(=O)NC4C5CC6CC(C5)CC4C6)c4cc(O)cc(O)c4-c4cc3ccc4O)[C@H](O)c3ccc(c(Cl)c3)Oc3cc2cc(c3O[C@@H]2O[C@H](CO)[C@@H](O)[C@H](O)[C@H]2O[C@H]2C[C@](C)(N)[C@H](O)[C@H](C)O2)Oc2ccc(cc2C)[C@H]1O. The summed E-state index contributed by atoms with van der Waals surface area (Å²) in [6.45, 7) is 8.93.